The minimum Gasteiger partial charge on any atom is -0.464 e. The minimum absolute atomic E-state index is 0.0669. The van der Waals surface area contributed by atoms with E-state index in [1.807, 2.05) is 6.92 Å². The maximum absolute atomic E-state index is 13.1. The van der Waals surface area contributed by atoms with Crippen molar-refractivity contribution < 1.29 is 48.0 Å². The lowest BCUT2D eigenvalue weighted by Gasteiger charge is -2.48. The van der Waals surface area contributed by atoms with Gasteiger partial charge in [0.1, 0.15) is 24.2 Å². The van der Waals surface area contributed by atoms with Gasteiger partial charge in [-0.3, -0.25) is 9.59 Å². The molecule has 1 heterocycles. The Kier molecular flexibility index (Phi) is 10.4. The Morgan fingerprint density at radius 1 is 1.11 bits per heavy atom. The van der Waals surface area contributed by atoms with E-state index in [1.165, 1.54) is 27.9 Å². The van der Waals surface area contributed by atoms with Crippen molar-refractivity contribution in [2.45, 2.75) is 72.1 Å². The van der Waals surface area contributed by atoms with Crippen molar-refractivity contribution in [1.29, 1.82) is 0 Å². The van der Waals surface area contributed by atoms with E-state index in [0.717, 1.165) is 0 Å². The van der Waals surface area contributed by atoms with Crippen LogP contribution in [0.5, 0.6) is 5.75 Å². The van der Waals surface area contributed by atoms with Crippen LogP contribution in [0, 0.1) is 17.8 Å². The summed E-state index contributed by atoms with van der Waals surface area (Å²) in [6.07, 6.45) is -1.42. The molecule has 0 aromatic heterocycles. The van der Waals surface area contributed by atoms with Gasteiger partial charge in [-0.1, -0.05) is 26.0 Å². The Morgan fingerprint density at radius 2 is 1.75 bits per heavy atom. The van der Waals surface area contributed by atoms with Gasteiger partial charge in [-0.05, 0) is 36.5 Å². The summed E-state index contributed by atoms with van der Waals surface area (Å²) in [6, 6.07) is 6.52. The first-order valence-electron chi connectivity index (χ1n) is 11.9. The number of carbonyl (C=O) groups excluding carboxylic acids is 4. The molecule has 0 amide bonds. The molecule has 200 valence electrons. The van der Waals surface area contributed by atoms with E-state index >= 15 is 0 Å². The number of benzene rings is 1. The molecule has 0 radical (unpaired) electrons. The van der Waals surface area contributed by atoms with Crippen molar-refractivity contribution in [3.63, 3.8) is 0 Å². The highest BCUT2D eigenvalue weighted by Gasteiger charge is 2.55. The van der Waals surface area contributed by atoms with Crippen LogP contribution in [-0.4, -0.2) is 60.5 Å². The van der Waals surface area contributed by atoms with Crippen LogP contribution in [-0.2, 0) is 44.7 Å². The summed E-state index contributed by atoms with van der Waals surface area (Å²) in [4.78, 5) is 48.5. The fourth-order valence-electron chi connectivity index (χ4n) is 4.57. The molecule has 1 aromatic carbocycles. The summed E-state index contributed by atoms with van der Waals surface area (Å²) in [5.41, 5.74) is 0.662. The number of methoxy groups -OCH3 is 1. The Labute approximate surface area is 211 Å². The maximum atomic E-state index is 13.1. The van der Waals surface area contributed by atoms with Crippen molar-refractivity contribution in [3.05, 3.63) is 29.8 Å². The lowest BCUT2D eigenvalue weighted by molar-refractivity contribution is -0.279. The summed E-state index contributed by atoms with van der Waals surface area (Å²) in [6.45, 7) is 7.21. The molecule has 2 rings (SSSR count). The lowest BCUT2D eigenvalue weighted by Crippen LogP contribution is -2.60. The highest BCUT2D eigenvalue weighted by atomic mass is 16.7. The maximum Gasteiger partial charge on any atom is 0.379 e. The van der Waals surface area contributed by atoms with Gasteiger partial charge < -0.3 is 33.6 Å². The molecular weight excluding hydrogens is 472 g/mol. The minimum atomic E-state index is -1.84. The molecule has 1 aliphatic heterocycles. The number of ether oxygens (including phenoxy) is 5. The number of rotatable bonds is 11. The van der Waals surface area contributed by atoms with Gasteiger partial charge in [-0.2, -0.15) is 0 Å². The van der Waals surface area contributed by atoms with Crippen molar-refractivity contribution in [3.8, 4) is 5.75 Å². The van der Waals surface area contributed by atoms with E-state index < -0.39 is 41.8 Å². The molecule has 10 heteroatoms. The van der Waals surface area contributed by atoms with E-state index in [2.05, 4.69) is 0 Å². The zero-order valence-electron chi connectivity index (χ0n) is 21.6. The van der Waals surface area contributed by atoms with Crippen molar-refractivity contribution in [1.82, 2.24) is 0 Å². The second-order valence-corrected chi connectivity index (χ2v) is 9.29. The number of Topliss-reactive ketones (excluding diaryl/α,β-unsaturated/α-hetero) is 1. The van der Waals surface area contributed by atoms with E-state index in [4.69, 9.17) is 23.7 Å². The Bertz CT molecular complexity index is 927. The number of carbonyl (C=O) groups is 4. The summed E-state index contributed by atoms with van der Waals surface area (Å²) < 4.78 is 28.1. The smallest absolute Gasteiger partial charge is 0.379 e. The normalized spacial score (nSPS) is 25.2. The Morgan fingerprint density at radius 3 is 2.25 bits per heavy atom. The molecule has 1 aliphatic rings. The summed E-state index contributed by atoms with van der Waals surface area (Å²) in [5.74, 6) is -4.65. The zero-order valence-corrected chi connectivity index (χ0v) is 21.6. The topological polar surface area (TPSA) is 135 Å². The molecule has 36 heavy (non-hydrogen) atoms. The first-order chi connectivity index (χ1) is 16.9. The van der Waals surface area contributed by atoms with Gasteiger partial charge in [0.05, 0.1) is 19.8 Å². The second kappa shape index (κ2) is 12.8. The molecule has 6 atom stereocenters. The SMILES string of the molecule is COC(=O)[C@@]1(Oc2ccc(CO)cc2)C[C@H](C)[C@@H](CC(C)=O)C([C@H](C)[C@@H](COC(C)=O)OC(C)=O)O1. The molecule has 0 saturated carbocycles. The van der Waals surface area contributed by atoms with Crippen LogP contribution < -0.4 is 4.74 Å². The van der Waals surface area contributed by atoms with Gasteiger partial charge >= 0.3 is 23.7 Å². The van der Waals surface area contributed by atoms with Crippen molar-refractivity contribution in [2.75, 3.05) is 13.7 Å². The van der Waals surface area contributed by atoms with Gasteiger partial charge in [0, 0.05) is 32.6 Å². The van der Waals surface area contributed by atoms with Crippen LogP contribution >= 0.6 is 0 Å². The van der Waals surface area contributed by atoms with Gasteiger partial charge in [0.15, 0.2) is 0 Å². The number of ketones is 1. The zero-order chi connectivity index (χ0) is 27.0. The van der Waals surface area contributed by atoms with Crippen LogP contribution in [0.15, 0.2) is 24.3 Å². The van der Waals surface area contributed by atoms with Crippen LogP contribution in [0.25, 0.3) is 0 Å². The fourth-order valence-corrected chi connectivity index (χ4v) is 4.57. The van der Waals surface area contributed by atoms with Crippen molar-refractivity contribution >= 4 is 23.7 Å². The van der Waals surface area contributed by atoms with Gasteiger partial charge in [0.25, 0.3) is 0 Å². The first kappa shape index (κ1) is 29.3. The molecule has 1 unspecified atom stereocenters. The average Bonchev–Trinajstić information content (AvgIpc) is 2.82. The molecule has 0 bridgehead atoms. The third-order valence-corrected chi connectivity index (χ3v) is 6.35. The fraction of sp³-hybridized carbons (Fsp3) is 0.615. The Hall–Kier alpha value is -2.98. The quantitative estimate of drug-likeness (QED) is 0.351. The molecule has 1 saturated heterocycles. The molecule has 1 fully saturated rings. The van der Waals surface area contributed by atoms with E-state index in [9.17, 15) is 24.3 Å². The predicted octanol–water partition coefficient (Wildman–Crippen LogP) is 2.58. The number of esters is 3. The Balaban J connectivity index is 2.49. The predicted molar refractivity (Wildman–Crippen MR) is 127 cm³/mol. The van der Waals surface area contributed by atoms with Crippen LogP contribution in [0.4, 0.5) is 0 Å². The van der Waals surface area contributed by atoms with E-state index in [1.54, 1.807) is 31.2 Å². The summed E-state index contributed by atoms with van der Waals surface area (Å²) in [7, 11) is 1.22. The van der Waals surface area contributed by atoms with Crippen molar-refractivity contribution in [2.24, 2.45) is 17.8 Å². The molecule has 0 spiro atoms. The number of hydrogen-bond donors (Lipinski definition) is 1. The van der Waals surface area contributed by atoms with Gasteiger partial charge in [-0.25, -0.2) is 4.79 Å². The molecule has 0 aliphatic carbocycles. The van der Waals surface area contributed by atoms with E-state index in [0.29, 0.717) is 11.3 Å². The summed E-state index contributed by atoms with van der Waals surface area (Å²) >= 11 is 0. The van der Waals surface area contributed by atoms with Crippen LogP contribution in [0.1, 0.15) is 53.0 Å². The summed E-state index contributed by atoms with van der Waals surface area (Å²) in [5, 5.41) is 9.32. The largest absolute Gasteiger partial charge is 0.464 e. The van der Waals surface area contributed by atoms with Gasteiger partial charge in [-0.15, -0.1) is 0 Å². The van der Waals surface area contributed by atoms with E-state index in [-0.39, 0.29) is 43.7 Å². The van der Waals surface area contributed by atoms with Crippen LogP contribution in [0.3, 0.4) is 0 Å². The van der Waals surface area contributed by atoms with Crippen LogP contribution in [0.2, 0.25) is 0 Å². The second-order valence-electron chi connectivity index (χ2n) is 9.29. The highest BCUT2D eigenvalue weighted by molar-refractivity contribution is 5.79. The number of aliphatic hydroxyl groups excluding tert-OH is 1. The third-order valence-electron chi connectivity index (χ3n) is 6.35. The third kappa shape index (κ3) is 7.51. The van der Waals surface area contributed by atoms with Gasteiger partial charge in [0.2, 0.25) is 0 Å². The number of hydrogen-bond acceptors (Lipinski definition) is 10. The standard InChI is InChI=1S/C26H36O10/c1-15-12-26(25(31)32-6,35-21-9-7-20(13-27)8-10-21)36-24(22(15)11-16(2)28)17(3)23(34-19(5)30)14-33-18(4)29/h7-10,15,17,22-24,27H,11-14H2,1-6H3/t15-,17+,22+,23+,24?,26+/m0/s1. The molecule has 10 nitrogen and oxygen atoms in total. The lowest BCUT2D eigenvalue weighted by atomic mass is 9.73. The molecule has 1 aromatic rings. The molecule has 1 N–H and O–H groups in total. The average molecular weight is 509 g/mol. The molecular formula is C26H36O10. The monoisotopic (exact) mass is 508 g/mol. The first-order valence-corrected chi connectivity index (χ1v) is 11.9. The highest BCUT2D eigenvalue weighted by Crippen LogP contribution is 2.44. The number of aliphatic hydroxyl groups is 1.